The van der Waals surface area contributed by atoms with Crippen LogP contribution in [0, 0.1) is 0 Å². The number of ether oxygens (including phenoxy) is 1. The van der Waals surface area contributed by atoms with E-state index in [0.717, 1.165) is 38.3 Å². The maximum atomic E-state index is 12.4. The number of rotatable bonds is 6. The first-order chi connectivity index (χ1) is 10.2. The molecule has 1 aromatic rings. The van der Waals surface area contributed by atoms with Crippen LogP contribution in [-0.2, 0) is 9.53 Å². The van der Waals surface area contributed by atoms with Gasteiger partial charge in [-0.1, -0.05) is 37.3 Å². The van der Waals surface area contributed by atoms with Crippen molar-refractivity contribution >= 4 is 5.91 Å². The third-order valence-corrected chi connectivity index (χ3v) is 4.17. The Morgan fingerprint density at radius 2 is 1.95 bits per heavy atom. The molecule has 0 bridgehead atoms. The van der Waals surface area contributed by atoms with Crippen molar-refractivity contribution in [2.24, 2.45) is 0 Å². The Bertz CT molecular complexity index is 430. The molecule has 2 atom stereocenters. The van der Waals surface area contributed by atoms with Gasteiger partial charge < -0.3 is 10.1 Å². The average Bonchev–Trinajstić information content (AvgIpc) is 2.55. The van der Waals surface area contributed by atoms with Gasteiger partial charge in [0, 0.05) is 25.7 Å². The van der Waals surface area contributed by atoms with Crippen molar-refractivity contribution in [3.8, 4) is 0 Å². The summed E-state index contributed by atoms with van der Waals surface area (Å²) in [7, 11) is 0. The number of hydrogen-bond acceptors (Lipinski definition) is 3. The maximum Gasteiger partial charge on any atom is 0.227 e. The van der Waals surface area contributed by atoms with Crippen molar-refractivity contribution in [1.29, 1.82) is 0 Å². The molecule has 1 aliphatic rings. The van der Waals surface area contributed by atoms with E-state index in [2.05, 4.69) is 24.1 Å². The van der Waals surface area contributed by atoms with Crippen molar-refractivity contribution in [1.82, 2.24) is 10.2 Å². The second-order valence-corrected chi connectivity index (χ2v) is 5.61. The van der Waals surface area contributed by atoms with Crippen LogP contribution < -0.4 is 5.32 Å². The highest BCUT2D eigenvalue weighted by atomic mass is 16.5. The summed E-state index contributed by atoms with van der Waals surface area (Å²) in [5.41, 5.74) is 1.09. The van der Waals surface area contributed by atoms with Crippen LogP contribution in [-0.4, -0.2) is 49.7 Å². The molecule has 1 N–H and O–H groups in total. The molecule has 2 rings (SSSR count). The Labute approximate surface area is 127 Å². The predicted molar refractivity (Wildman–Crippen MR) is 84.3 cm³/mol. The third kappa shape index (κ3) is 4.55. The van der Waals surface area contributed by atoms with Gasteiger partial charge in [-0.3, -0.25) is 9.69 Å². The van der Waals surface area contributed by atoms with E-state index in [-0.39, 0.29) is 11.8 Å². The first kappa shape index (κ1) is 16.0. The molecule has 1 fully saturated rings. The zero-order valence-electron chi connectivity index (χ0n) is 13.0. The van der Waals surface area contributed by atoms with Gasteiger partial charge in [-0.15, -0.1) is 0 Å². The minimum Gasteiger partial charge on any atom is -0.379 e. The molecule has 0 saturated carbocycles. The van der Waals surface area contributed by atoms with Crippen LogP contribution >= 0.6 is 0 Å². The number of carbonyl (C=O) groups is 1. The number of nitrogens with one attached hydrogen (secondary N) is 1. The largest absolute Gasteiger partial charge is 0.379 e. The predicted octanol–water partition coefficient (Wildman–Crippen LogP) is 2.02. The fraction of sp³-hybridized carbons (Fsp3) is 0.588. The summed E-state index contributed by atoms with van der Waals surface area (Å²) in [5, 5.41) is 3.11. The second-order valence-electron chi connectivity index (χ2n) is 5.61. The minimum atomic E-state index is -0.0527. The molecule has 0 aliphatic carbocycles. The number of morpholine rings is 1. The van der Waals surface area contributed by atoms with E-state index >= 15 is 0 Å². The molecule has 2 unspecified atom stereocenters. The van der Waals surface area contributed by atoms with Gasteiger partial charge in [0.2, 0.25) is 5.91 Å². The average molecular weight is 290 g/mol. The van der Waals surface area contributed by atoms with Crippen molar-refractivity contribution in [3.63, 3.8) is 0 Å². The van der Waals surface area contributed by atoms with Gasteiger partial charge in [0.05, 0.1) is 19.1 Å². The lowest BCUT2D eigenvalue weighted by atomic mass is 9.95. The SMILES string of the molecule is CCC(C(=O)NCC(C)N1CCOCC1)c1ccccc1. The fourth-order valence-corrected chi connectivity index (χ4v) is 2.78. The number of amides is 1. The molecule has 116 valence electrons. The van der Waals surface area contributed by atoms with Crippen molar-refractivity contribution < 1.29 is 9.53 Å². The van der Waals surface area contributed by atoms with Crippen molar-refractivity contribution in [3.05, 3.63) is 35.9 Å². The van der Waals surface area contributed by atoms with Gasteiger partial charge in [-0.25, -0.2) is 0 Å². The molecule has 0 aromatic heterocycles. The van der Waals surface area contributed by atoms with E-state index in [9.17, 15) is 4.79 Å². The minimum absolute atomic E-state index is 0.0527. The lowest BCUT2D eigenvalue weighted by Gasteiger charge is -2.32. The monoisotopic (exact) mass is 290 g/mol. The highest BCUT2D eigenvalue weighted by Gasteiger charge is 2.21. The summed E-state index contributed by atoms with van der Waals surface area (Å²) in [4.78, 5) is 14.8. The molecule has 1 amide bonds. The van der Waals surface area contributed by atoms with E-state index < -0.39 is 0 Å². The molecule has 1 heterocycles. The van der Waals surface area contributed by atoms with Crippen LogP contribution in [0.2, 0.25) is 0 Å². The second kappa shape index (κ2) is 8.15. The van der Waals surface area contributed by atoms with E-state index in [0.29, 0.717) is 12.6 Å². The quantitative estimate of drug-likeness (QED) is 0.871. The molecule has 4 heteroatoms. The lowest BCUT2D eigenvalue weighted by molar-refractivity contribution is -0.123. The Balaban J connectivity index is 1.85. The van der Waals surface area contributed by atoms with Gasteiger partial charge in [0.1, 0.15) is 0 Å². The van der Waals surface area contributed by atoms with Gasteiger partial charge in [0.15, 0.2) is 0 Å². The van der Waals surface area contributed by atoms with Crippen LogP contribution in [0.15, 0.2) is 30.3 Å². The summed E-state index contributed by atoms with van der Waals surface area (Å²) in [6.07, 6.45) is 0.821. The summed E-state index contributed by atoms with van der Waals surface area (Å²) >= 11 is 0. The van der Waals surface area contributed by atoms with Crippen LogP contribution in [0.1, 0.15) is 31.7 Å². The standard InChI is InChI=1S/C17H26N2O2/c1-3-16(15-7-5-4-6-8-15)17(20)18-13-14(2)19-9-11-21-12-10-19/h4-8,14,16H,3,9-13H2,1-2H3,(H,18,20). The van der Waals surface area contributed by atoms with Crippen molar-refractivity contribution in [2.45, 2.75) is 32.2 Å². The molecular weight excluding hydrogens is 264 g/mol. The van der Waals surface area contributed by atoms with Crippen LogP contribution in [0.5, 0.6) is 0 Å². The Morgan fingerprint density at radius 3 is 2.57 bits per heavy atom. The molecule has 1 aliphatic heterocycles. The van der Waals surface area contributed by atoms with Crippen LogP contribution in [0.3, 0.4) is 0 Å². The summed E-state index contributed by atoms with van der Waals surface area (Å²) in [6.45, 7) is 8.40. The zero-order valence-corrected chi connectivity index (χ0v) is 13.0. The van der Waals surface area contributed by atoms with Gasteiger partial charge >= 0.3 is 0 Å². The van der Waals surface area contributed by atoms with Gasteiger partial charge in [-0.2, -0.15) is 0 Å². The van der Waals surface area contributed by atoms with Gasteiger partial charge in [0.25, 0.3) is 0 Å². The molecule has 0 radical (unpaired) electrons. The first-order valence-electron chi connectivity index (χ1n) is 7.86. The van der Waals surface area contributed by atoms with E-state index in [1.54, 1.807) is 0 Å². The Hall–Kier alpha value is -1.39. The highest BCUT2D eigenvalue weighted by molar-refractivity contribution is 5.83. The number of nitrogens with zero attached hydrogens (tertiary/aromatic N) is 1. The molecule has 1 aromatic carbocycles. The smallest absolute Gasteiger partial charge is 0.227 e. The Morgan fingerprint density at radius 1 is 1.29 bits per heavy atom. The molecule has 21 heavy (non-hydrogen) atoms. The highest BCUT2D eigenvalue weighted by Crippen LogP contribution is 2.19. The summed E-state index contributed by atoms with van der Waals surface area (Å²) in [6, 6.07) is 10.4. The first-order valence-corrected chi connectivity index (χ1v) is 7.86. The molecular formula is C17H26N2O2. The number of benzene rings is 1. The van der Waals surface area contributed by atoms with Crippen LogP contribution in [0.25, 0.3) is 0 Å². The number of carbonyl (C=O) groups excluding carboxylic acids is 1. The lowest BCUT2D eigenvalue weighted by Crippen LogP contribution is -2.47. The van der Waals surface area contributed by atoms with Gasteiger partial charge in [-0.05, 0) is 18.9 Å². The van der Waals surface area contributed by atoms with Crippen molar-refractivity contribution in [2.75, 3.05) is 32.8 Å². The zero-order chi connectivity index (χ0) is 15.1. The molecule has 1 saturated heterocycles. The van der Waals surface area contributed by atoms with E-state index in [1.807, 2.05) is 30.3 Å². The fourth-order valence-electron chi connectivity index (χ4n) is 2.78. The normalized spacial score (nSPS) is 19.0. The van der Waals surface area contributed by atoms with E-state index in [4.69, 9.17) is 4.74 Å². The molecule has 4 nitrogen and oxygen atoms in total. The Kier molecular flexibility index (Phi) is 6.21. The van der Waals surface area contributed by atoms with E-state index in [1.165, 1.54) is 0 Å². The summed E-state index contributed by atoms with van der Waals surface area (Å²) < 4.78 is 5.36. The maximum absolute atomic E-state index is 12.4. The van der Waals surface area contributed by atoms with Crippen LogP contribution in [0.4, 0.5) is 0 Å². The number of hydrogen-bond donors (Lipinski definition) is 1. The summed E-state index contributed by atoms with van der Waals surface area (Å²) in [5.74, 6) is 0.0758. The molecule has 0 spiro atoms. The third-order valence-electron chi connectivity index (χ3n) is 4.17. The topological polar surface area (TPSA) is 41.6 Å².